The van der Waals surface area contributed by atoms with Crippen molar-refractivity contribution in [3.63, 3.8) is 0 Å². The lowest BCUT2D eigenvalue weighted by Gasteiger charge is -2.39. The van der Waals surface area contributed by atoms with Gasteiger partial charge < -0.3 is 15.0 Å². The lowest BCUT2D eigenvalue weighted by atomic mass is 9.90. The molecular formula is C15H30N2O. The maximum absolute atomic E-state index is 5.06. The largest absolute Gasteiger partial charge is 0.383 e. The first-order chi connectivity index (χ1) is 8.90. The van der Waals surface area contributed by atoms with Crippen LogP contribution in [0.3, 0.4) is 0 Å². The Hall–Kier alpha value is -0.120. The van der Waals surface area contributed by atoms with Gasteiger partial charge in [-0.15, -0.1) is 0 Å². The number of ether oxygens (including phenoxy) is 1. The molecule has 0 unspecified atom stereocenters. The number of nitrogens with zero attached hydrogens (tertiary/aromatic N) is 1. The van der Waals surface area contributed by atoms with Crippen molar-refractivity contribution in [3.8, 4) is 0 Å². The highest BCUT2D eigenvalue weighted by atomic mass is 16.5. The van der Waals surface area contributed by atoms with Crippen LogP contribution in [0.2, 0.25) is 0 Å². The molecule has 0 aromatic rings. The normalized spacial score (nSPS) is 24.5. The van der Waals surface area contributed by atoms with Crippen LogP contribution in [0.15, 0.2) is 0 Å². The molecule has 0 aromatic heterocycles. The molecule has 18 heavy (non-hydrogen) atoms. The van der Waals surface area contributed by atoms with Crippen LogP contribution in [0.25, 0.3) is 0 Å². The van der Waals surface area contributed by atoms with Gasteiger partial charge in [0.2, 0.25) is 0 Å². The van der Waals surface area contributed by atoms with E-state index in [1.807, 2.05) is 0 Å². The summed E-state index contributed by atoms with van der Waals surface area (Å²) in [5.74, 6) is 0.890. The Labute approximate surface area is 112 Å². The fraction of sp³-hybridized carbons (Fsp3) is 1.00. The minimum atomic E-state index is 0.834. The molecule has 1 heterocycles. The highest BCUT2D eigenvalue weighted by Gasteiger charge is 2.25. The first kappa shape index (κ1) is 14.3. The fourth-order valence-corrected chi connectivity index (χ4v) is 3.45. The van der Waals surface area contributed by atoms with Crippen LogP contribution < -0.4 is 5.32 Å². The SMILES string of the molecule is COCCNCC1CCN(C2CCCCC2)CC1. The summed E-state index contributed by atoms with van der Waals surface area (Å²) in [6.45, 7) is 5.69. The van der Waals surface area contributed by atoms with E-state index in [1.165, 1.54) is 64.6 Å². The second-order valence-corrected chi connectivity index (χ2v) is 5.97. The van der Waals surface area contributed by atoms with Crippen molar-refractivity contribution in [2.24, 2.45) is 5.92 Å². The molecule has 3 nitrogen and oxygen atoms in total. The molecule has 0 spiro atoms. The maximum atomic E-state index is 5.06. The number of nitrogens with one attached hydrogen (secondary N) is 1. The number of likely N-dealkylation sites (tertiary alicyclic amines) is 1. The average Bonchev–Trinajstić information content (AvgIpc) is 2.45. The van der Waals surface area contributed by atoms with Crippen LogP contribution in [0.1, 0.15) is 44.9 Å². The monoisotopic (exact) mass is 254 g/mol. The van der Waals surface area contributed by atoms with Gasteiger partial charge in [0.05, 0.1) is 6.61 Å². The Kier molecular flexibility index (Phi) is 6.46. The summed E-state index contributed by atoms with van der Waals surface area (Å²) in [6, 6.07) is 0.918. The van der Waals surface area contributed by atoms with Gasteiger partial charge >= 0.3 is 0 Å². The first-order valence-corrected chi connectivity index (χ1v) is 7.84. The third-order valence-electron chi connectivity index (χ3n) is 4.66. The Morgan fingerprint density at radius 1 is 1.06 bits per heavy atom. The average molecular weight is 254 g/mol. The van der Waals surface area contributed by atoms with E-state index < -0.39 is 0 Å². The van der Waals surface area contributed by atoms with Crippen molar-refractivity contribution < 1.29 is 4.74 Å². The number of hydrogen-bond donors (Lipinski definition) is 1. The second kappa shape index (κ2) is 8.13. The van der Waals surface area contributed by atoms with Crippen molar-refractivity contribution in [3.05, 3.63) is 0 Å². The molecule has 106 valence electrons. The predicted octanol–water partition coefficient (Wildman–Crippen LogP) is 2.27. The summed E-state index contributed by atoms with van der Waals surface area (Å²) >= 11 is 0. The van der Waals surface area contributed by atoms with Crippen molar-refractivity contribution in [2.75, 3.05) is 39.9 Å². The van der Waals surface area contributed by atoms with E-state index in [0.29, 0.717) is 0 Å². The van der Waals surface area contributed by atoms with Gasteiger partial charge in [-0.2, -0.15) is 0 Å². The molecule has 1 saturated heterocycles. The quantitative estimate of drug-likeness (QED) is 0.736. The van der Waals surface area contributed by atoms with E-state index >= 15 is 0 Å². The molecule has 3 heteroatoms. The number of hydrogen-bond acceptors (Lipinski definition) is 3. The minimum absolute atomic E-state index is 0.834. The van der Waals surface area contributed by atoms with E-state index in [9.17, 15) is 0 Å². The van der Waals surface area contributed by atoms with E-state index in [4.69, 9.17) is 4.74 Å². The van der Waals surface area contributed by atoms with Gasteiger partial charge in [-0.1, -0.05) is 19.3 Å². The molecule has 0 radical (unpaired) electrons. The Morgan fingerprint density at radius 3 is 2.44 bits per heavy atom. The van der Waals surface area contributed by atoms with Crippen LogP contribution in [-0.2, 0) is 4.74 Å². The van der Waals surface area contributed by atoms with Crippen LogP contribution in [0, 0.1) is 5.92 Å². The van der Waals surface area contributed by atoms with Gasteiger partial charge in [0.15, 0.2) is 0 Å². The zero-order valence-electron chi connectivity index (χ0n) is 12.0. The highest BCUT2D eigenvalue weighted by molar-refractivity contribution is 4.81. The number of methoxy groups -OCH3 is 1. The van der Waals surface area contributed by atoms with E-state index in [2.05, 4.69) is 10.2 Å². The van der Waals surface area contributed by atoms with Crippen LogP contribution in [-0.4, -0.2) is 50.8 Å². The smallest absolute Gasteiger partial charge is 0.0587 e. The Balaban J connectivity index is 1.58. The summed E-state index contributed by atoms with van der Waals surface area (Å²) in [6.07, 6.45) is 10.1. The molecule has 0 amide bonds. The molecule has 2 rings (SSSR count). The van der Waals surface area contributed by atoms with Crippen LogP contribution in [0.4, 0.5) is 0 Å². The predicted molar refractivity (Wildman–Crippen MR) is 75.9 cm³/mol. The third-order valence-corrected chi connectivity index (χ3v) is 4.66. The lowest BCUT2D eigenvalue weighted by molar-refractivity contribution is 0.105. The molecule has 1 aliphatic carbocycles. The number of rotatable bonds is 6. The maximum Gasteiger partial charge on any atom is 0.0587 e. The van der Waals surface area contributed by atoms with Gasteiger partial charge in [-0.05, 0) is 51.2 Å². The van der Waals surface area contributed by atoms with E-state index in [-0.39, 0.29) is 0 Å². The minimum Gasteiger partial charge on any atom is -0.383 e. The first-order valence-electron chi connectivity index (χ1n) is 7.84. The van der Waals surface area contributed by atoms with Gasteiger partial charge in [-0.25, -0.2) is 0 Å². The third kappa shape index (κ3) is 4.52. The zero-order valence-corrected chi connectivity index (χ0v) is 12.0. The van der Waals surface area contributed by atoms with Gasteiger partial charge in [-0.3, -0.25) is 0 Å². The van der Waals surface area contributed by atoms with Gasteiger partial charge in [0.1, 0.15) is 0 Å². The topological polar surface area (TPSA) is 24.5 Å². The van der Waals surface area contributed by atoms with Gasteiger partial charge in [0, 0.05) is 19.7 Å². The molecule has 0 aromatic carbocycles. The summed E-state index contributed by atoms with van der Waals surface area (Å²) in [4.78, 5) is 2.77. The molecule has 0 atom stereocenters. The van der Waals surface area contributed by atoms with Crippen LogP contribution >= 0.6 is 0 Å². The fourth-order valence-electron chi connectivity index (χ4n) is 3.45. The lowest BCUT2D eigenvalue weighted by Crippen LogP contribution is -2.44. The highest BCUT2D eigenvalue weighted by Crippen LogP contribution is 2.26. The van der Waals surface area contributed by atoms with Crippen LogP contribution in [0.5, 0.6) is 0 Å². The summed E-state index contributed by atoms with van der Waals surface area (Å²) < 4.78 is 5.06. The molecular weight excluding hydrogens is 224 g/mol. The summed E-state index contributed by atoms with van der Waals surface area (Å²) in [5, 5.41) is 3.51. The van der Waals surface area contributed by atoms with E-state index in [0.717, 1.165) is 25.1 Å². The van der Waals surface area contributed by atoms with E-state index in [1.54, 1.807) is 7.11 Å². The Bertz CT molecular complexity index is 209. The van der Waals surface area contributed by atoms with Crippen molar-refractivity contribution in [2.45, 2.75) is 51.0 Å². The molecule has 0 bridgehead atoms. The zero-order chi connectivity index (χ0) is 12.6. The molecule has 2 fully saturated rings. The molecule has 1 saturated carbocycles. The van der Waals surface area contributed by atoms with Crippen molar-refractivity contribution in [1.82, 2.24) is 10.2 Å². The summed E-state index contributed by atoms with van der Waals surface area (Å²) in [7, 11) is 1.77. The van der Waals surface area contributed by atoms with Gasteiger partial charge in [0.25, 0.3) is 0 Å². The Morgan fingerprint density at radius 2 is 1.78 bits per heavy atom. The second-order valence-electron chi connectivity index (χ2n) is 5.97. The van der Waals surface area contributed by atoms with Crippen molar-refractivity contribution >= 4 is 0 Å². The number of piperidine rings is 1. The summed E-state index contributed by atoms with van der Waals surface area (Å²) in [5.41, 5.74) is 0. The molecule has 1 aliphatic heterocycles. The standard InChI is InChI=1S/C15H30N2O/c1-18-12-9-16-13-14-7-10-17(11-8-14)15-5-3-2-4-6-15/h14-16H,2-13H2,1H3. The molecule has 1 N–H and O–H groups in total. The molecule has 2 aliphatic rings. The van der Waals surface area contributed by atoms with Crippen molar-refractivity contribution in [1.29, 1.82) is 0 Å².